The van der Waals surface area contributed by atoms with Crippen LogP contribution in [-0.4, -0.2) is 55.3 Å². The topological polar surface area (TPSA) is 122 Å². The van der Waals surface area contributed by atoms with Gasteiger partial charge in [-0.25, -0.2) is 19.7 Å². The number of fused-ring (bicyclic) bond motifs is 3. The van der Waals surface area contributed by atoms with Crippen molar-refractivity contribution in [1.29, 1.82) is 0 Å². The lowest BCUT2D eigenvalue weighted by Gasteiger charge is -2.25. The predicted octanol–water partition coefficient (Wildman–Crippen LogP) is 2.63. The summed E-state index contributed by atoms with van der Waals surface area (Å²) in [4.78, 5) is 25.7. The minimum atomic E-state index is -0.812. The highest BCUT2D eigenvalue weighted by molar-refractivity contribution is 7.98. The number of aliphatic hydroxyl groups is 1. The SMILES string of the molecule is CC1(C)O[C@@H]2[C@H](O1)[C@@H](CO)O[C@H]2n1c(SCc2cc3ccccc3oc2=O)nc2cncnc21. The summed E-state index contributed by atoms with van der Waals surface area (Å²) in [5.41, 5.74) is 1.83. The van der Waals surface area contributed by atoms with E-state index in [9.17, 15) is 9.90 Å². The summed E-state index contributed by atoms with van der Waals surface area (Å²) >= 11 is 1.36. The third kappa shape index (κ3) is 3.60. The molecule has 4 atom stereocenters. The first-order valence-electron chi connectivity index (χ1n) is 10.9. The van der Waals surface area contributed by atoms with Gasteiger partial charge in [-0.3, -0.25) is 4.57 Å². The molecule has 4 aromatic rings. The summed E-state index contributed by atoms with van der Waals surface area (Å²) in [5.74, 6) is -0.482. The monoisotopic (exact) mass is 482 g/mol. The highest BCUT2D eigenvalue weighted by atomic mass is 32.2. The van der Waals surface area contributed by atoms with Crippen molar-refractivity contribution in [3.8, 4) is 0 Å². The van der Waals surface area contributed by atoms with Gasteiger partial charge in [0, 0.05) is 16.7 Å². The van der Waals surface area contributed by atoms with Crippen LogP contribution in [0.2, 0.25) is 0 Å². The molecule has 2 aliphatic heterocycles. The van der Waals surface area contributed by atoms with Crippen LogP contribution in [0.4, 0.5) is 0 Å². The largest absolute Gasteiger partial charge is 0.423 e. The van der Waals surface area contributed by atoms with Crippen LogP contribution < -0.4 is 5.63 Å². The van der Waals surface area contributed by atoms with Crippen LogP contribution in [0.3, 0.4) is 0 Å². The van der Waals surface area contributed by atoms with Gasteiger partial charge in [-0.1, -0.05) is 30.0 Å². The normalized spacial score (nSPS) is 25.9. The molecular weight excluding hydrogens is 460 g/mol. The fourth-order valence-corrected chi connectivity index (χ4v) is 5.50. The maximum Gasteiger partial charge on any atom is 0.340 e. The fourth-order valence-electron chi connectivity index (χ4n) is 4.52. The lowest BCUT2D eigenvalue weighted by Crippen LogP contribution is -2.31. The molecule has 34 heavy (non-hydrogen) atoms. The molecule has 2 aliphatic rings. The average Bonchev–Trinajstić information content (AvgIpc) is 3.45. The molecule has 1 N–H and O–H groups in total. The van der Waals surface area contributed by atoms with E-state index >= 15 is 0 Å². The Morgan fingerprint density at radius 1 is 1.21 bits per heavy atom. The van der Waals surface area contributed by atoms with Gasteiger partial charge in [0.25, 0.3) is 0 Å². The van der Waals surface area contributed by atoms with Crippen molar-refractivity contribution >= 4 is 33.9 Å². The first kappa shape index (κ1) is 21.7. The number of para-hydroxylation sites is 1. The number of aromatic nitrogens is 4. The number of hydrogen-bond donors (Lipinski definition) is 1. The Morgan fingerprint density at radius 3 is 2.88 bits per heavy atom. The van der Waals surface area contributed by atoms with Crippen molar-refractivity contribution in [3.05, 3.63) is 58.8 Å². The number of aliphatic hydroxyl groups excluding tert-OH is 1. The van der Waals surface area contributed by atoms with Crippen LogP contribution in [0.25, 0.3) is 22.1 Å². The molecule has 3 aromatic heterocycles. The summed E-state index contributed by atoms with van der Waals surface area (Å²) in [6.07, 6.45) is 0.984. The smallest absolute Gasteiger partial charge is 0.340 e. The van der Waals surface area contributed by atoms with Crippen molar-refractivity contribution < 1.29 is 23.7 Å². The molecule has 2 fully saturated rings. The van der Waals surface area contributed by atoms with Gasteiger partial charge >= 0.3 is 5.63 Å². The predicted molar refractivity (Wildman–Crippen MR) is 122 cm³/mol. The number of rotatable bonds is 5. The van der Waals surface area contributed by atoms with Gasteiger partial charge in [-0.05, 0) is 26.0 Å². The van der Waals surface area contributed by atoms with Crippen molar-refractivity contribution in [1.82, 2.24) is 19.5 Å². The molecule has 0 saturated carbocycles. The lowest BCUT2D eigenvalue weighted by molar-refractivity contribution is -0.200. The number of nitrogens with zero attached hydrogens (tertiary/aromatic N) is 4. The molecule has 11 heteroatoms. The van der Waals surface area contributed by atoms with Crippen LogP contribution >= 0.6 is 11.8 Å². The maximum absolute atomic E-state index is 12.6. The Labute approximate surface area is 197 Å². The number of thioether (sulfide) groups is 1. The molecule has 10 nitrogen and oxygen atoms in total. The van der Waals surface area contributed by atoms with E-state index in [4.69, 9.17) is 23.6 Å². The Balaban J connectivity index is 1.38. The molecule has 0 amide bonds. The quantitative estimate of drug-likeness (QED) is 0.335. The van der Waals surface area contributed by atoms with Gasteiger partial charge in [0.2, 0.25) is 0 Å². The van der Waals surface area contributed by atoms with Crippen molar-refractivity contribution in [2.24, 2.45) is 0 Å². The van der Waals surface area contributed by atoms with E-state index in [2.05, 4.69) is 9.97 Å². The third-order valence-corrected chi connectivity index (χ3v) is 6.95. The number of benzene rings is 1. The molecule has 2 saturated heterocycles. The zero-order valence-electron chi connectivity index (χ0n) is 18.5. The second-order valence-corrected chi connectivity index (χ2v) is 9.64. The van der Waals surface area contributed by atoms with Gasteiger partial charge in [0.15, 0.2) is 22.8 Å². The van der Waals surface area contributed by atoms with Crippen molar-refractivity contribution in [2.75, 3.05) is 6.61 Å². The standard InChI is InChI=1S/C23H22N4O6S/c1-23(2)32-17-16(9-28)30-20(18(17)33-23)27-19-14(8-24-11-25-19)26-22(27)34-10-13-7-12-5-3-4-6-15(12)31-21(13)29/h3-8,11,16-18,20,28H,9-10H2,1-2H3/t16-,17-,18-,20-/m1/s1. The average molecular weight is 483 g/mol. The Kier molecular flexibility index (Phi) is 5.19. The van der Waals surface area contributed by atoms with E-state index in [1.54, 1.807) is 12.3 Å². The lowest BCUT2D eigenvalue weighted by atomic mass is 10.1. The first-order valence-corrected chi connectivity index (χ1v) is 11.9. The van der Waals surface area contributed by atoms with Gasteiger partial charge in [-0.2, -0.15) is 0 Å². The minimum absolute atomic E-state index is 0.209. The summed E-state index contributed by atoms with van der Waals surface area (Å²) in [6.45, 7) is 3.46. The third-order valence-electron chi connectivity index (χ3n) is 5.95. The first-order chi connectivity index (χ1) is 16.4. The molecule has 0 aliphatic carbocycles. The molecule has 1 aromatic carbocycles. The minimum Gasteiger partial charge on any atom is -0.423 e. The second kappa shape index (κ2) is 8.14. The van der Waals surface area contributed by atoms with E-state index in [1.807, 2.05) is 42.7 Å². The maximum atomic E-state index is 12.6. The molecule has 0 unspecified atom stereocenters. The summed E-state index contributed by atoms with van der Waals surface area (Å²) in [5, 5.41) is 11.3. The van der Waals surface area contributed by atoms with Gasteiger partial charge < -0.3 is 23.7 Å². The number of imidazole rings is 1. The highest BCUT2D eigenvalue weighted by Crippen LogP contribution is 2.45. The van der Waals surface area contributed by atoms with Gasteiger partial charge in [0.05, 0.1) is 12.8 Å². The molecule has 176 valence electrons. The van der Waals surface area contributed by atoms with E-state index in [0.717, 1.165) is 5.39 Å². The summed E-state index contributed by atoms with van der Waals surface area (Å²) in [6, 6.07) is 9.23. The molecule has 6 rings (SSSR count). The van der Waals surface area contributed by atoms with Crippen LogP contribution in [0, 0.1) is 0 Å². The molecule has 0 spiro atoms. The van der Waals surface area contributed by atoms with E-state index in [-0.39, 0.29) is 12.2 Å². The number of hydrogen-bond acceptors (Lipinski definition) is 10. The van der Waals surface area contributed by atoms with E-state index < -0.39 is 30.3 Å². The summed E-state index contributed by atoms with van der Waals surface area (Å²) in [7, 11) is 0. The zero-order valence-corrected chi connectivity index (χ0v) is 19.3. The number of ether oxygens (including phenoxy) is 3. The van der Waals surface area contributed by atoms with E-state index in [0.29, 0.717) is 33.2 Å². The van der Waals surface area contributed by atoms with Crippen molar-refractivity contribution in [2.45, 2.75) is 55.1 Å². The van der Waals surface area contributed by atoms with Crippen LogP contribution in [0.15, 0.2) is 57.2 Å². The molecular formula is C23H22N4O6S. The Hall–Kier alpha value is -2.83. The van der Waals surface area contributed by atoms with Crippen molar-refractivity contribution in [3.63, 3.8) is 0 Å². The van der Waals surface area contributed by atoms with E-state index in [1.165, 1.54) is 18.1 Å². The highest BCUT2D eigenvalue weighted by Gasteiger charge is 2.56. The molecule has 0 radical (unpaired) electrons. The van der Waals surface area contributed by atoms with Crippen LogP contribution in [0.5, 0.6) is 0 Å². The van der Waals surface area contributed by atoms with Gasteiger partial charge in [0.1, 0.15) is 35.7 Å². The fraction of sp³-hybridized carbons (Fsp3) is 0.391. The molecule has 5 heterocycles. The Morgan fingerprint density at radius 2 is 2.03 bits per heavy atom. The Bertz CT molecular complexity index is 1440. The van der Waals surface area contributed by atoms with Crippen LogP contribution in [0.1, 0.15) is 25.6 Å². The molecule has 0 bridgehead atoms. The summed E-state index contributed by atoms with van der Waals surface area (Å²) < 4.78 is 25.6. The second-order valence-electron chi connectivity index (χ2n) is 8.69. The van der Waals surface area contributed by atoms with Crippen LogP contribution in [-0.2, 0) is 20.0 Å². The zero-order chi connectivity index (χ0) is 23.4. The van der Waals surface area contributed by atoms with Gasteiger partial charge in [-0.15, -0.1) is 0 Å².